The summed E-state index contributed by atoms with van der Waals surface area (Å²) >= 11 is 0. The minimum absolute atomic E-state index is 0.189. The van der Waals surface area contributed by atoms with Crippen molar-refractivity contribution in [2.75, 3.05) is 19.7 Å². The number of hydrogen-bond acceptors (Lipinski definition) is 2. The molecule has 0 radical (unpaired) electrons. The molecule has 0 amide bonds. The van der Waals surface area contributed by atoms with E-state index in [1.807, 2.05) is 0 Å². The van der Waals surface area contributed by atoms with Crippen LogP contribution in [0.4, 0.5) is 8.78 Å². The number of ether oxygens (including phenoxy) is 1. The second kappa shape index (κ2) is 7.12. The number of hydrogen-bond donors (Lipinski definition) is 1. The molecule has 0 aromatic heterocycles. The van der Waals surface area contributed by atoms with Gasteiger partial charge in [0.25, 0.3) is 6.43 Å². The van der Waals surface area contributed by atoms with Gasteiger partial charge in [-0.2, -0.15) is 0 Å². The van der Waals surface area contributed by atoms with Gasteiger partial charge >= 0.3 is 0 Å². The first-order valence-corrected chi connectivity index (χ1v) is 5.39. The van der Waals surface area contributed by atoms with Crippen molar-refractivity contribution in [3.05, 3.63) is 0 Å². The fraction of sp³-hybridized carbons (Fsp3) is 1.00. The van der Waals surface area contributed by atoms with Crippen LogP contribution in [0.2, 0.25) is 0 Å². The molecular formula is C10H19F2NO. The molecule has 1 rings (SSSR count). The molecule has 1 aliphatic heterocycles. The smallest absolute Gasteiger partial charge is 0.250 e. The molecule has 2 nitrogen and oxygen atoms in total. The Morgan fingerprint density at radius 3 is 2.86 bits per heavy atom. The largest absolute Gasteiger partial charge is 0.378 e. The van der Waals surface area contributed by atoms with E-state index < -0.39 is 6.43 Å². The van der Waals surface area contributed by atoms with Crippen LogP contribution < -0.4 is 5.32 Å². The number of rotatable bonds is 6. The highest BCUT2D eigenvalue weighted by atomic mass is 19.3. The quantitative estimate of drug-likeness (QED) is 0.674. The third-order valence-electron chi connectivity index (χ3n) is 2.45. The van der Waals surface area contributed by atoms with Crippen LogP contribution in [0.15, 0.2) is 0 Å². The maximum Gasteiger partial charge on any atom is 0.250 e. The Balaban J connectivity index is 1.87. The van der Waals surface area contributed by atoms with Crippen molar-refractivity contribution in [3.63, 3.8) is 0 Å². The monoisotopic (exact) mass is 207 g/mol. The zero-order valence-electron chi connectivity index (χ0n) is 8.48. The topological polar surface area (TPSA) is 21.3 Å². The van der Waals surface area contributed by atoms with Gasteiger partial charge in [-0.05, 0) is 38.6 Å². The van der Waals surface area contributed by atoms with E-state index >= 15 is 0 Å². The summed E-state index contributed by atoms with van der Waals surface area (Å²) in [6, 6.07) is 0. The maximum absolute atomic E-state index is 11.7. The highest BCUT2D eigenvalue weighted by Crippen LogP contribution is 2.16. The zero-order chi connectivity index (χ0) is 10.2. The second-order valence-corrected chi connectivity index (χ2v) is 3.73. The third-order valence-corrected chi connectivity index (χ3v) is 2.45. The van der Waals surface area contributed by atoms with Crippen molar-refractivity contribution in [2.24, 2.45) is 0 Å². The maximum atomic E-state index is 11.7. The summed E-state index contributed by atoms with van der Waals surface area (Å²) < 4.78 is 29.0. The first-order chi connectivity index (χ1) is 6.79. The SMILES string of the molecule is FC(F)CNCCCC1CCCCO1. The lowest BCUT2D eigenvalue weighted by molar-refractivity contribution is 0.0101. The lowest BCUT2D eigenvalue weighted by atomic mass is 10.0. The molecule has 14 heavy (non-hydrogen) atoms. The predicted molar refractivity (Wildman–Crippen MR) is 51.7 cm³/mol. The van der Waals surface area contributed by atoms with Crippen LogP contribution in [-0.2, 0) is 4.74 Å². The summed E-state index contributed by atoms with van der Waals surface area (Å²) in [6.07, 6.45) is 3.61. The van der Waals surface area contributed by atoms with E-state index in [0.29, 0.717) is 12.6 Å². The van der Waals surface area contributed by atoms with Crippen LogP contribution >= 0.6 is 0 Å². The minimum Gasteiger partial charge on any atom is -0.378 e. The molecule has 1 heterocycles. The number of nitrogens with one attached hydrogen (secondary N) is 1. The first kappa shape index (κ1) is 11.9. The number of alkyl halides is 2. The van der Waals surface area contributed by atoms with Crippen LogP contribution in [0.25, 0.3) is 0 Å². The average molecular weight is 207 g/mol. The highest BCUT2D eigenvalue weighted by Gasteiger charge is 2.12. The third kappa shape index (κ3) is 5.50. The van der Waals surface area contributed by atoms with Crippen LogP contribution in [0, 0.1) is 0 Å². The van der Waals surface area contributed by atoms with Gasteiger partial charge in [-0.15, -0.1) is 0 Å². The predicted octanol–water partition coefficient (Wildman–Crippen LogP) is 2.19. The Morgan fingerprint density at radius 1 is 1.36 bits per heavy atom. The Morgan fingerprint density at radius 2 is 2.21 bits per heavy atom. The van der Waals surface area contributed by atoms with E-state index in [1.165, 1.54) is 12.8 Å². The summed E-state index contributed by atoms with van der Waals surface area (Å²) in [7, 11) is 0. The van der Waals surface area contributed by atoms with Gasteiger partial charge < -0.3 is 10.1 Å². The van der Waals surface area contributed by atoms with E-state index in [0.717, 1.165) is 25.9 Å². The van der Waals surface area contributed by atoms with Crippen LogP contribution in [0.1, 0.15) is 32.1 Å². The molecule has 1 saturated heterocycles. The lowest BCUT2D eigenvalue weighted by Gasteiger charge is -2.22. The molecule has 1 unspecified atom stereocenters. The molecular weight excluding hydrogens is 188 g/mol. The summed E-state index contributed by atoms with van der Waals surface area (Å²) in [5.41, 5.74) is 0. The minimum atomic E-state index is -2.24. The van der Waals surface area contributed by atoms with E-state index in [9.17, 15) is 8.78 Å². The van der Waals surface area contributed by atoms with Crippen molar-refractivity contribution >= 4 is 0 Å². The van der Waals surface area contributed by atoms with Crippen molar-refractivity contribution in [2.45, 2.75) is 44.6 Å². The van der Waals surface area contributed by atoms with E-state index in [2.05, 4.69) is 5.32 Å². The zero-order valence-corrected chi connectivity index (χ0v) is 8.48. The van der Waals surface area contributed by atoms with E-state index in [1.54, 1.807) is 0 Å². The van der Waals surface area contributed by atoms with E-state index in [4.69, 9.17) is 4.74 Å². The molecule has 0 spiro atoms. The van der Waals surface area contributed by atoms with Crippen molar-refractivity contribution in [3.8, 4) is 0 Å². The number of halogens is 2. The molecule has 84 valence electrons. The molecule has 1 N–H and O–H groups in total. The lowest BCUT2D eigenvalue weighted by Crippen LogP contribution is -2.24. The van der Waals surface area contributed by atoms with Crippen LogP contribution in [0.5, 0.6) is 0 Å². The van der Waals surface area contributed by atoms with Gasteiger partial charge in [0.1, 0.15) is 0 Å². The Kier molecular flexibility index (Phi) is 6.03. The molecule has 4 heteroatoms. The Hall–Kier alpha value is -0.220. The van der Waals surface area contributed by atoms with Crippen molar-refractivity contribution in [1.29, 1.82) is 0 Å². The summed E-state index contributed by atoms with van der Waals surface area (Å²) in [4.78, 5) is 0. The van der Waals surface area contributed by atoms with Crippen LogP contribution in [0.3, 0.4) is 0 Å². The van der Waals surface area contributed by atoms with Gasteiger partial charge in [0.05, 0.1) is 12.6 Å². The highest BCUT2D eigenvalue weighted by molar-refractivity contribution is 4.64. The fourth-order valence-corrected chi connectivity index (χ4v) is 1.70. The average Bonchev–Trinajstić information content (AvgIpc) is 2.18. The Bertz CT molecular complexity index is 138. The molecule has 1 atom stereocenters. The van der Waals surface area contributed by atoms with Gasteiger partial charge in [0.15, 0.2) is 0 Å². The summed E-state index contributed by atoms with van der Waals surface area (Å²) in [5, 5.41) is 2.72. The molecule has 1 fully saturated rings. The molecule has 1 aliphatic rings. The molecule has 0 bridgehead atoms. The van der Waals surface area contributed by atoms with E-state index in [-0.39, 0.29) is 6.54 Å². The van der Waals surface area contributed by atoms with Gasteiger partial charge in [0, 0.05) is 6.61 Å². The standard InChI is InChI=1S/C10H19F2NO/c11-10(12)8-13-6-3-5-9-4-1-2-7-14-9/h9-10,13H,1-8H2. The molecule has 0 aromatic rings. The van der Waals surface area contributed by atoms with Gasteiger partial charge in [0.2, 0.25) is 0 Å². The van der Waals surface area contributed by atoms with Gasteiger partial charge in [-0.25, -0.2) is 8.78 Å². The molecule has 0 aliphatic carbocycles. The molecule has 0 aromatic carbocycles. The van der Waals surface area contributed by atoms with Crippen LogP contribution in [-0.4, -0.2) is 32.2 Å². The normalized spacial score (nSPS) is 22.9. The van der Waals surface area contributed by atoms with Crippen molar-refractivity contribution in [1.82, 2.24) is 5.32 Å². The fourth-order valence-electron chi connectivity index (χ4n) is 1.70. The first-order valence-electron chi connectivity index (χ1n) is 5.39. The van der Waals surface area contributed by atoms with Crippen molar-refractivity contribution < 1.29 is 13.5 Å². The molecule has 0 saturated carbocycles. The summed E-state index contributed by atoms with van der Waals surface area (Å²) in [5.74, 6) is 0. The van der Waals surface area contributed by atoms with Gasteiger partial charge in [-0.1, -0.05) is 0 Å². The second-order valence-electron chi connectivity index (χ2n) is 3.73. The summed E-state index contributed by atoms with van der Waals surface area (Å²) in [6.45, 7) is 1.35. The van der Waals surface area contributed by atoms with Gasteiger partial charge in [-0.3, -0.25) is 0 Å². The Labute approximate surface area is 84.0 Å².